The lowest BCUT2D eigenvalue weighted by Crippen LogP contribution is -3.15. The van der Waals surface area contributed by atoms with Gasteiger partial charge in [0.15, 0.2) is 0 Å². The van der Waals surface area contributed by atoms with Crippen LogP contribution < -0.4 is 4.90 Å². The summed E-state index contributed by atoms with van der Waals surface area (Å²) >= 11 is 0. The molecule has 1 fully saturated rings. The van der Waals surface area contributed by atoms with E-state index in [0.29, 0.717) is 6.04 Å². The third-order valence-electron chi connectivity index (χ3n) is 4.53. The van der Waals surface area contributed by atoms with Crippen molar-refractivity contribution in [1.82, 2.24) is 4.90 Å². The third kappa shape index (κ3) is 3.20. The van der Waals surface area contributed by atoms with Crippen LogP contribution in [0, 0.1) is 0 Å². The van der Waals surface area contributed by atoms with Crippen molar-refractivity contribution in [3.05, 3.63) is 71.8 Å². The number of piperazine rings is 1. The van der Waals surface area contributed by atoms with E-state index >= 15 is 0 Å². The standard InChI is InChI=1S/C19H22N2O/c1-16(22)20-12-14-21(15-13-20)19(17-8-4-2-5-9-17)18-10-6-3-7-11-18/h2-11,19H,12-15H2,1H3/p+1. The molecule has 3 heteroatoms. The van der Waals surface area contributed by atoms with Gasteiger partial charge in [0.05, 0.1) is 26.2 Å². The Bertz CT molecular complexity index is 564. The molecule has 0 unspecified atom stereocenters. The number of amides is 1. The fourth-order valence-electron chi connectivity index (χ4n) is 3.35. The molecule has 3 rings (SSSR count). The van der Waals surface area contributed by atoms with Crippen LogP contribution in [0.4, 0.5) is 0 Å². The molecule has 2 aromatic carbocycles. The van der Waals surface area contributed by atoms with Crippen molar-refractivity contribution >= 4 is 5.91 Å². The molecule has 2 aromatic rings. The summed E-state index contributed by atoms with van der Waals surface area (Å²) in [4.78, 5) is 15.0. The van der Waals surface area contributed by atoms with E-state index in [-0.39, 0.29) is 5.91 Å². The highest BCUT2D eigenvalue weighted by atomic mass is 16.2. The molecule has 0 spiro atoms. The molecule has 1 aliphatic rings. The molecule has 1 heterocycles. The smallest absolute Gasteiger partial charge is 0.219 e. The second kappa shape index (κ2) is 6.75. The molecule has 0 atom stereocenters. The molecule has 1 amide bonds. The molecule has 0 aliphatic carbocycles. The second-order valence-corrected chi connectivity index (χ2v) is 5.92. The van der Waals surface area contributed by atoms with E-state index in [0.717, 1.165) is 26.2 Å². The fraction of sp³-hybridized carbons (Fsp3) is 0.316. The lowest BCUT2D eigenvalue weighted by atomic mass is 9.96. The summed E-state index contributed by atoms with van der Waals surface area (Å²) in [5.74, 6) is 0.190. The minimum atomic E-state index is 0.190. The van der Waals surface area contributed by atoms with Crippen molar-refractivity contribution in [2.75, 3.05) is 26.2 Å². The fourth-order valence-corrected chi connectivity index (χ4v) is 3.35. The van der Waals surface area contributed by atoms with Crippen molar-refractivity contribution in [1.29, 1.82) is 0 Å². The Balaban J connectivity index is 1.86. The summed E-state index contributed by atoms with van der Waals surface area (Å²) in [6.45, 7) is 5.35. The van der Waals surface area contributed by atoms with Gasteiger partial charge in [0, 0.05) is 18.1 Å². The van der Waals surface area contributed by atoms with Crippen LogP contribution in [-0.2, 0) is 4.79 Å². The van der Waals surface area contributed by atoms with Gasteiger partial charge in [-0.1, -0.05) is 60.7 Å². The van der Waals surface area contributed by atoms with Crippen LogP contribution in [0.25, 0.3) is 0 Å². The maximum atomic E-state index is 11.5. The van der Waals surface area contributed by atoms with E-state index < -0.39 is 0 Å². The van der Waals surface area contributed by atoms with E-state index in [9.17, 15) is 4.79 Å². The minimum Gasteiger partial charge on any atom is -0.332 e. The zero-order valence-electron chi connectivity index (χ0n) is 13.0. The van der Waals surface area contributed by atoms with Crippen molar-refractivity contribution < 1.29 is 9.69 Å². The number of carbonyl (C=O) groups is 1. The van der Waals surface area contributed by atoms with Gasteiger partial charge in [-0.2, -0.15) is 0 Å². The van der Waals surface area contributed by atoms with Crippen LogP contribution in [-0.4, -0.2) is 37.0 Å². The van der Waals surface area contributed by atoms with Crippen molar-refractivity contribution in [3.8, 4) is 0 Å². The van der Waals surface area contributed by atoms with Gasteiger partial charge in [-0.3, -0.25) is 4.79 Å². The first kappa shape index (κ1) is 14.8. The van der Waals surface area contributed by atoms with Gasteiger partial charge in [-0.25, -0.2) is 0 Å². The first-order chi connectivity index (χ1) is 10.8. The van der Waals surface area contributed by atoms with E-state index in [1.54, 1.807) is 6.92 Å². The highest BCUT2D eigenvalue weighted by Crippen LogP contribution is 2.19. The second-order valence-electron chi connectivity index (χ2n) is 5.92. The number of hydrogen-bond acceptors (Lipinski definition) is 1. The lowest BCUT2D eigenvalue weighted by molar-refractivity contribution is -0.929. The van der Waals surface area contributed by atoms with E-state index in [1.807, 2.05) is 4.90 Å². The summed E-state index contributed by atoms with van der Waals surface area (Å²) in [5.41, 5.74) is 2.69. The van der Waals surface area contributed by atoms with Gasteiger partial charge in [0.1, 0.15) is 6.04 Å². The Morgan fingerprint density at radius 2 is 1.36 bits per heavy atom. The average Bonchev–Trinajstić information content (AvgIpc) is 2.57. The van der Waals surface area contributed by atoms with Crippen LogP contribution >= 0.6 is 0 Å². The highest BCUT2D eigenvalue weighted by molar-refractivity contribution is 5.73. The lowest BCUT2D eigenvalue weighted by Gasteiger charge is -2.36. The van der Waals surface area contributed by atoms with Crippen LogP contribution in [0.2, 0.25) is 0 Å². The Morgan fingerprint density at radius 1 is 0.909 bits per heavy atom. The topological polar surface area (TPSA) is 24.8 Å². The molecule has 0 aromatic heterocycles. The zero-order valence-corrected chi connectivity index (χ0v) is 13.0. The third-order valence-corrected chi connectivity index (χ3v) is 4.53. The SMILES string of the molecule is CC(=O)N1CC[NH+](C(c2ccccc2)c2ccccc2)CC1. The number of hydrogen-bond donors (Lipinski definition) is 1. The zero-order chi connectivity index (χ0) is 15.4. The number of nitrogens with zero attached hydrogens (tertiary/aromatic N) is 1. The Hall–Kier alpha value is -2.13. The Kier molecular flexibility index (Phi) is 4.54. The monoisotopic (exact) mass is 295 g/mol. The summed E-state index contributed by atoms with van der Waals surface area (Å²) < 4.78 is 0. The number of carbonyl (C=O) groups excluding carboxylic acids is 1. The summed E-state index contributed by atoms with van der Waals surface area (Å²) in [6, 6.07) is 21.7. The number of benzene rings is 2. The first-order valence-corrected chi connectivity index (χ1v) is 7.95. The largest absolute Gasteiger partial charge is 0.332 e. The van der Waals surface area contributed by atoms with Gasteiger partial charge in [0.2, 0.25) is 5.91 Å². The van der Waals surface area contributed by atoms with Gasteiger partial charge in [-0.05, 0) is 0 Å². The molecule has 22 heavy (non-hydrogen) atoms. The molecule has 114 valence electrons. The Morgan fingerprint density at radius 3 is 1.77 bits per heavy atom. The van der Waals surface area contributed by atoms with Crippen molar-refractivity contribution in [2.24, 2.45) is 0 Å². The summed E-state index contributed by atoms with van der Waals surface area (Å²) in [6.07, 6.45) is 0. The molecule has 1 aliphatic heterocycles. The van der Waals surface area contributed by atoms with E-state index in [4.69, 9.17) is 0 Å². The van der Waals surface area contributed by atoms with E-state index in [2.05, 4.69) is 60.7 Å². The quantitative estimate of drug-likeness (QED) is 0.912. The molecule has 1 saturated heterocycles. The van der Waals surface area contributed by atoms with Crippen LogP contribution in [0.5, 0.6) is 0 Å². The normalized spacial score (nSPS) is 16.0. The predicted molar refractivity (Wildman–Crippen MR) is 87.7 cm³/mol. The molecular formula is C19H23N2O+. The highest BCUT2D eigenvalue weighted by Gasteiger charge is 2.30. The molecule has 1 N–H and O–H groups in total. The van der Waals surface area contributed by atoms with Gasteiger partial charge < -0.3 is 9.80 Å². The number of rotatable bonds is 3. The van der Waals surface area contributed by atoms with Gasteiger partial charge >= 0.3 is 0 Å². The van der Waals surface area contributed by atoms with Gasteiger partial charge in [-0.15, -0.1) is 0 Å². The van der Waals surface area contributed by atoms with Crippen LogP contribution in [0.15, 0.2) is 60.7 Å². The van der Waals surface area contributed by atoms with Crippen LogP contribution in [0.1, 0.15) is 24.1 Å². The minimum absolute atomic E-state index is 0.190. The Labute approximate surface area is 132 Å². The van der Waals surface area contributed by atoms with Crippen LogP contribution in [0.3, 0.4) is 0 Å². The number of quaternary nitrogens is 1. The molecule has 0 bridgehead atoms. The average molecular weight is 295 g/mol. The molecular weight excluding hydrogens is 272 g/mol. The molecule has 0 radical (unpaired) electrons. The maximum absolute atomic E-state index is 11.5. The van der Waals surface area contributed by atoms with E-state index in [1.165, 1.54) is 16.0 Å². The number of nitrogens with one attached hydrogen (secondary N) is 1. The first-order valence-electron chi connectivity index (χ1n) is 7.95. The molecule has 0 saturated carbocycles. The summed E-state index contributed by atoms with van der Waals surface area (Å²) in [7, 11) is 0. The van der Waals surface area contributed by atoms with Crippen molar-refractivity contribution in [2.45, 2.75) is 13.0 Å². The summed E-state index contributed by atoms with van der Waals surface area (Å²) in [5, 5.41) is 0. The molecule has 3 nitrogen and oxygen atoms in total. The van der Waals surface area contributed by atoms with Gasteiger partial charge in [0.25, 0.3) is 0 Å². The van der Waals surface area contributed by atoms with Crippen molar-refractivity contribution in [3.63, 3.8) is 0 Å². The predicted octanol–water partition coefficient (Wildman–Crippen LogP) is 1.52. The maximum Gasteiger partial charge on any atom is 0.219 e.